The van der Waals surface area contributed by atoms with Crippen LogP contribution in [0.25, 0.3) is 0 Å². The molecule has 1 saturated heterocycles. The van der Waals surface area contributed by atoms with Crippen molar-refractivity contribution in [2.24, 2.45) is 5.92 Å². The predicted octanol–water partition coefficient (Wildman–Crippen LogP) is 2.21. The van der Waals surface area contributed by atoms with Crippen molar-refractivity contribution in [2.75, 3.05) is 14.2 Å². The van der Waals surface area contributed by atoms with Gasteiger partial charge in [-0.1, -0.05) is 6.08 Å². The minimum Gasteiger partial charge on any atom is -0.466 e. The van der Waals surface area contributed by atoms with Crippen molar-refractivity contribution in [1.82, 2.24) is 0 Å². The van der Waals surface area contributed by atoms with Gasteiger partial charge in [0, 0.05) is 11.2 Å². The molecule has 118 valence electrons. The number of fused-ring (bicyclic) bond motifs is 1. The average molecular weight is 324 g/mol. The fourth-order valence-corrected chi connectivity index (χ4v) is 4.77. The third-order valence-corrected chi connectivity index (χ3v) is 5.96. The van der Waals surface area contributed by atoms with E-state index in [1.807, 2.05) is 0 Å². The van der Waals surface area contributed by atoms with E-state index in [0.29, 0.717) is 11.7 Å². The van der Waals surface area contributed by atoms with Crippen LogP contribution in [-0.4, -0.2) is 32.3 Å². The molecule has 7 heteroatoms. The molecule has 6 nitrogen and oxygen atoms in total. The Morgan fingerprint density at radius 2 is 2.00 bits per heavy atom. The van der Waals surface area contributed by atoms with Gasteiger partial charge < -0.3 is 14.0 Å². The van der Waals surface area contributed by atoms with E-state index in [-0.39, 0.29) is 17.6 Å². The summed E-state index contributed by atoms with van der Waals surface area (Å²) in [7, 11) is -0.974. The number of esters is 2. The van der Waals surface area contributed by atoms with E-state index < -0.39 is 31.3 Å². The highest BCUT2D eigenvalue weighted by Gasteiger charge is 2.46. The Bertz CT molecular complexity index is 666. The number of methoxy groups -OCH3 is 2. The first-order valence-corrected chi connectivity index (χ1v) is 8.37. The summed E-state index contributed by atoms with van der Waals surface area (Å²) in [5.74, 6) is -1.81. The van der Waals surface area contributed by atoms with Crippen molar-refractivity contribution in [3.8, 4) is 12.1 Å². The number of ether oxygens (including phenoxy) is 2. The van der Waals surface area contributed by atoms with Gasteiger partial charge in [-0.2, -0.15) is 0 Å². The standard InChI is InChI=1S/C15H17O6P/c1-5-22(18)12-7-6-10(14(16)19-3)13(15(17)20-4)11(12)8-9(2)21-22/h1,7,9,11H,6,8H2,2-4H3/t9-,11?,22?/m0/s1. The van der Waals surface area contributed by atoms with Gasteiger partial charge in [-0.25, -0.2) is 9.59 Å². The van der Waals surface area contributed by atoms with Crippen molar-refractivity contribution in [3.05, 3.63) is 22.5 Å². The fraction of sp³-hybridized carbons (Fsp3) is 0.467. The van der Waals surface area contributed by atoms with Crippen molar-refractivity contribution in [1.29, 1.82) is 0 Å². The lowest BCUT2D eigenvalue weighted by atomic mass is 9.84. The Balaban J connectivity index is 2.58. The van der Waals surface area contributed by atoms with E-state index in [2.05, 4.69) is 5.66 Å². The third kappa shape index (κ3) is 2.63. The van der Waals surface area contributed by atoms with Crippen LogP contribution in [0.15, 0.2) is 22.5 Å². The molecule has 0 spiro atoms. The van der Waals surface area contributed by atoms with Crippen LogP contribution < -0.4 is 0 Å². The Morgan fingerprint density at radius 3 is 2.55 bits per heavy atom. The maximum absolute atomic E-state index is 12.8. The molecule has 3 atom stereocenters. The lowest BCUT2D eigenvalue weighted by molar-refractivity contribution is -0.140. The van der Waals surface area contributed by atoms with Gasteiger partial charge in [0.25, 0.3) is 7.37 Å². The van der Waals surface area contributed by atoms with Gasteiger partial charge >= 0.3 is 11.9 Å². The number of hydrogen-bond donors (Lipinski definition) is 0. The van der Waals surface area contributed by atoms with Crippen LogP contribution >= 0.6 is 7.37 Å². The number of carbonyl (C=O) groups excluding carboxylic acids is 2. The van der Waals surface area contributed by atoms with Crippen LogP contribution in [0, 0.1) is 18.0 Å². The molecule has 22 heavy (non-hydrogen) atoms. The zero-order valence-electron chi connectivity index (χ0n) is 12.6. The van der Waals surface area contributed by atoms with E-state index in [1.165, 1.54) is 14.2 Å². The second-order valence-corrected chi connectivity index (χ2v) is 7.18. The molecule has 2 unspecified atom stereocenters. The summed E-state index contributed by atoms with van der Waals surface area (Å²) < 4.78 is 27.7. The predicted molar refractivity (Wildman–Crippen MR) is 78.9 cm³/mol. The third-order valence-electron chi connectivity index (χ3n) is 3.79. The normalized spacial score (nSPS) is 30.7. The number of hydrogen-bond acceptors (Lipinski definition) is 6. The van der Waals surface area contributed by atoms with E-state index in [0.717, 1.165) is 0 Å². The molecular formula is C15H17O6P. The van der Waals surface area contributed by atoms with Gasteiger partial charge in [0.1, 0.15) is 0 Å². The van der Waals surface area contributed by atoms with E-state index in [1.54, 1.807) is 13.0 Å². The second kappa shape index (κ2) is 6.12. The van der Waals surface area contributed by atoms with Gasteiger partial charge in [-0.15, -0.1) is 6.42 Å². The topological polar surface area (TPSA) is 78.9 Å². The molecule has 0 aromatic heterocycles. The molecule has 1 aliphatic carbocycles. The molecule has 2 aliphatic rings. The van der Waals surface area contributed by atoms with E-state index >= 15 is 0 Å². The molecule has 0 aromatic carbocycles. The Morgan fingerprint density at radius 1 is 1.36 bits per heavy atom. The van der Waals surface area contributed by atoms with Crippen molar-refractivity contribution >= 4 is 19.3 Å². The SMILES string of the molecule is C#CP1(=O)O[C@@H](C)CC2C1=CCC(C(=O)OC)=C2C(=O)OC. The lowest BCUT2D eigenvalue weighted by Crippen LogP contribution is -2.31. The summed E-state index contributed by atoms with van der Waals surface area (Å²) in [6.07, 6.45) is 7.08. The number of rotatable bonds is 2. The van der Waals surface area contributed by atoms with Gasteiger partial charge in [-0.3, -0.25) is 4.57 Å². The molecule has 0 saturated carbocycles. The highest BCUT2D eigenvalue weighted by Crippen LogP contribution is 2.64. The van der Waals surface area contributed by atoms with Crippen LogP contribution in [0.1, 0.15) is 19.8 Å². The number of terminal acetylenes is 1. The molecule has 0 radical (unpaired) electrons. The number of carbonyl (C=O) groups is 2. The first kappa shape index (κ1) is 16.5. The molecule has 0 bridgehead atoms. The molecule has 1 aliphatic heterocycles. The Labute approximate surface area is 128 Å². The molecule has 0 aromatic rings. The summed E-state index contributed by atoms with van der Waals surface area (Å²) in [5, 5.41) is 0.390. The average Bonchev–Trinajstić information content (AvgIpc) is 2.52. The van der Waals surface area contributed by atoms with Crippen LogP contribution in [0.2, 0.25) is 0 Å². The minimum atomic E-state index is -3.44. The molecule has 1 fully saturated rings. The molecule has 2 rings (SSSR count). The summed E-state index contributed by atoms with van der Waals surface area (Å²) in [6.45, 7) is 1.72. The molecule has 0 N–H and O–H groups in total. The molecule has 1 heterocycles. The van der Waals surface area contributed by atoms with Crippen molar-refractivity contribution in [3.63, 3.8) is 0 Å². The lowest BCUT2D eigenvalue weighted by Gasteiger charge is -2.37. The fourth-order valence-electron chi connectivity index (χ4n) is 2.87. The van der Waals surface area contributed by atoms with Crippen LogP contribution in [0.3, 0.4) is 0 Å². The van der Waals surface area contributed by atoms with Crippen molar-refractivity contribution < 1.29 is 28.2 Å². The maximum atomic E-state index is 12.8. The van der Waals surface area contributed by atoms with E-state index in [9.17, 15) is 14.2 Å². The monoisotopic (exact) mass is 324 g/mol. The summed E-state index contributed by atoms with van der Waals surface area (Å²) in [4.78, 5) is 24.1. The zero-order chi connectivity index (χ0) is 16.5. The highest BCUT2D eigenvalue weighted by molar-refractivity contribution is 7.68. The summed E-state index contributed by atoms with van der Waals surface area (Å²) in [6, 6.07) is 0. The second-order valence-electron chi connectivity index (χ2n) is 5.09. The van der Waals surface area contributed by atoms with Gasteiger partial charge in [0.15, 0.2) is 0 Å². The Hall–Kier alpha value is -1.83. The van der Waals surface area contributed by atoms with Crippen LogP contribution in [-0.2, 0) is 28.2 Å². The number of allylic oxidation sites excluding steroid dienone is 2. The minimum absolute atomic E-state index is 0.104. The Kier molecular flexibility index (Phi) is 4.60. The van der Waals surface area contributed by atoms with Gasteiger partial charge in [0.05, 0.1) is 31.5 Å². The van der Waals surface area contributed by atoms with Crippen molar-refractivity contribution in [2.45, 2.75) is 25.9 Å². The largest absolute Gasteiger partial charge is 0.466 e. The molecule has 0 amide bonds. The smallest absolute Gasteiger partial charge is 0.334 e. The first-order valence-electron chi connectivity index (χ1n) is 6.74. The summed E-state index contributed by atoms with van der Waals surface area (Å²) >= 11 is 0. The maximum Gasteiger partial charge on any atom is 0.334 e. The summed E-state index contributed by atoms with van der Waals surface area (Å²) in [5.41, 5.74) is 2.59. The van der Waals surface area contributed by atoms with Gasteiger partial charge in [-0.05, 0) is 25.4 Å². The zero-order valence-corrected chi connectivity index (χ0v) is 13.5. The van der Waals surface area contributed by atoms with Gasteiger partial charge in [0.2, 0.25) is 0 Å². The van der Waals surface area contributed by atoms with Crippen LogP contribution in [0.5, 0.6) is 0 Å². The van der Waals surface area contributed by atoms with Crippen LogP contribution in [0.4, 0.5) is 0 Å². The first-order chi connectivity index (χ1) is 10.4. The highest BCUT2D eigenvalue weighted by atomic mass is 31.2. The molecular weight excluding hydrogens is 307 g/mol. The quantitative estimate of drug-likeness (QED) is 0.440. The van der Waals surface area contributed by atoms with E-state index in [4.69, 9.17) is 20.4 Å².